The molecule has 0 bridgehead atoms. The second-order valence-electron chi connectivity index (χ2n) is 15.2. The van der Waals surface area contributed by atoms with Crippen molar-refractivity contribution in [3.63, 3.8) is 0 Å². The molecule has 0 aliphatic carbocycles. The number of nitro groups is 1. The molecule has 0 unspecified atom stereocenters. The van der Waals surface area contributed by atoms with E-state index in [1.54, 1.807) is 68.8 Å². The van der Waals surface area contributed by atoms with Crippen LogP contribution in [0.3, 0.4) is 0 Å². The zero-order chi connectivity index (χ0) is 51.7. The van der Waals surface area contributed by atoms with Crippen LogP contribution in [0.25, 0.3) is 22.1 Å². The van der Waals surface area contributed by atoms with Crippen LogP contribution in [0.4, 0.5) is 17.6 Å². The number of aromatic nitrogens is 10. The standard InChI is InChI=1S/C44H47N15O10.C2H6/c1-7-57-30(17-24(3)51-57)40(62)49-43-47-28-19-26(38(45)60)21-33(67-5)36(28)55(43)14-9-10-15-56-37-29(48-44(56)50-41(63)31-18-25(4)52-58(31)8-2)20-27(39(46)61)22-34(37)69-16-12-11-13-54-23-32(59(65)66)35(53-54)42(64)68-6;1-2/h9-12,17-23H,7-8,13-16H2,1-6H3,(H2,45,60)(H2,46,61)(H,47,49,62)(H,48,50,63);1-2H3/b10-9+,12-11+;. The molecule has 2 aromatic carbocycles. The Bertz CT molecular complexity index is 3240. The number of methoxy groups -OCH3 is 2. The average molecular weight is 976 g/mol. The minimum absolute atomic E-state index is 0.0174. The largest absolute Gasteiger partial charge is 0.494 e. The van der Waals surface area contributed by atoms with Crippen molar-refractivity contribution in [3.8, 4) is 11.5 Å². The number of allylic oxidation sites excluding steroid dienone is 3. The summed E-state index contributed by atoms with van der Waals surface area (Å²) in [6.07, 6.45) is 7.83. The third-order valence-electron chi connectivity index (χ3n) is 10.6. The number of nitrogens with zero attached hydrogens (tertiary/aromatic N) is 11. The maximum atomic E-state index is 13.9. The van der Waals surface area contributed by atoms with Crippen LogP contribution in [0.5, 0.6) is 11.5 Å². The highest BCUT2D eigenvalue weighted by atomic mass is 16.6. The van der Waals surface area contributed by atoms with Gasteiger partial charge in [-0.2, -0.15) is 15.3 Å². The van der Waals surface area contributed by atoms with Crippen LogP contribution >= 0.6 is 0 Å². The van der Waals surface area contributed by atoms with Gasteiger partial charge in [-0.15, -0.1) is 0 Å². The summed E-state index contributed by atoms with van der Waals surface area (Å²) in [5.41, 5.74) is 13.8. The number of carbonyl (C=O) groups is 5. The van der Waals surface area contributed by atoms with Crippen LogP contribution in [0.1, 0.15) is 91.3 Å². The van der Waals surface area contributed by atoms with Crippen molar-refractivity contribution in [3.05, 3.63) is 117 Å². The maximum Gasteiger partial charge on any atom is 0.365 e. The second-order valence-corrected chi connectivity index (χ2v) is 15.2. The third kappa shape index (κ3) is 11.1. The van der Waals surface area contributed by atoms with Crippen LogP contribution in [-0.4, -0.2) is 104 Å². The normalized spacial score (nSPS) is 11.3. The van der Waals surface area contributed by atoms with Crippen LogP contribution in [-0.2, 0) is 37.5 Å². The molecule has 0 aliphatic rings. The molecule has 7 aromatic rings. The second kappa shape index (κ2) is 22.3. The van der Waals surface area contributed by atoms with Gasteiger partial charge in [0.05, 0.1) is 48.1 Å². The number of nitrogens with one attached hydrogen (secondary N) is 2. The number of fused-ring (bicyclic) bond motifs is 2. The number of benzene rings is 2. The first-order valence-electron chi connectivity index (χ1n) is 22.2. The summed E-state index contributed by atoms with van der Waals surface area (Å²) < 4.78 is 24.1. The summed E-state index contributed by atoms with van der Waals surface area (Å²) in [6, 6.07) is 9.17. The van der Waals surface area contributed by atoms with E-state index in [0.29, 0.717) is 46.7 Å². The van der Waals surface area contributed by atoms with Gasteiger partial charge in [-0.05, 0) is 70.2 Å². The van der Waals surface area contributed by atoms with Gasteiger partial charge in [-0.25, -0.2) is 14.8 Å². The Morgan fingerprint density at radius 2 is 1.18 bits per heavy atom. The lowest BCUT2D eigenvalue weighted by atomic mass is 10.1. The van der Waals surface area contributed by atoms with E-state index in [1.165, 1.54) is 36.1 Å². The maximum absolute atomic E-state index is 13.9. The minimum atomic E-state index is -0.963. The quantitative estimate of drug-likeness (QED) is 0.0340. The molecule has 0 aliphatic heterocycles. The van der Waals surface area contributed by atoms with Gasteiger partial charge in [-0.3, -0.25) is 54.0 Å². The monoisotopic (exact) mass is 975 g/mol. The van der Waals surface area contributed by atoms with Crippen molar-refractivity contribution in [1.29, 1.82) is 0 Å². The Morgan fingerprint density at radius 3 is 1.63 bits per heavy atom. The lowest BCUT2D eigenvalue weighted by Crippen LogP contribution is -2.20. The van der Waals surface area contributed by atoms with Crippen LogP contribution < -0.4 is 31.6 Å². The first kappa shape index (κ1) is 51.2. The number of primary amides is 2. The van der Waals surface area contributed by atoms with Crippen LogP contribution in [0.15, 0.2) is 66.9 Å². The van der Waals surface area contributed by atoms with Crippen LogP contribution in [0.2, 0.25) is 0 Å². The fourth-order valence-electron chi connectivity index (χ4n) is 7.45. The van der Waals surface area contributed by atoms with Gasteiger partial charge < -0.3 is 34.8 Å². The molecule has 25 heteroatoms. The fraction of sp³-hybridized carbons (Fsp3) is 0.304. The van der Waals surface area contributed by atoms with Crippen molar-refractivity contribution < 1.29 is 43.1 Å². The van der Waals surface area contributed by atoms with Crippen molar-refractivity contribution in [2.75, 3.05) is 31.5 Å². The van der Waals surface area contributed by atoms with E-state index in [1.807, 2.05) is 27.7 Å². The van der Waals surface area contributed by atoms with E-state index in [-0.39, 0.29) is 72.0 Å². The molecule has 0 saturated heterocycles. The number of aryl methyl sites for hydroxylation is 4. The molecule has 5 aromatic heterocycles. The molecule has 5 heterocycles. The highest BCUT2D eigenvalue weighted by Crippen LogP contribution is 2.33. The van der Waals surface area contributed by atoms with Crippen molar-refractivity contribution in [1.82, 2.24) is 48.4 Å². The van der Waals surface area contributed by atoms with E-state index in [9.17, 15) is 34.1 Å². The molecular formula is C46H53N15O10. The molecule has 71 heavy (non-hydrogen) atoms. The van der Waals surface area contributed by atoms with Crippen molar-refractivity contribution in [2.24, 2.45) is 11.5 Å². The van der Waals surface area contributed by atoms with Gasteiger partial charge in [0.25, 0.3) is 11.8 Å². The lowest BCUT2D eigenvalue weighted by Gasteiger charge is -2.13. The van der Waals surface area contributed by atoms with E-state index >= 15 is 0 Å². The van der Waals surface area contributed by atoms with Gasteiger partial charge in [0, 0.05) is 37.3 Å². The molecule has 0 spiro atoms. The Balaban J connectivity index is 0.00000407. The number of hydrogen-bond donors (Lipinski definition) is 4. The Hall–Kier alpha value is -9.16. The Morgan fingerprint density at radius 1 is 0.704 bits per heavy atom. The van der Waals surface area contributed by atoms with E-state index < -0.39 is 45.9 Å². The van der Waals surface area contributed by atoms with Gasteiger partial charge in [0.2, 0.25) is 29.4 Å². The number of hydrogen-bond acceptors (Lipinski definition) is 15. The van der Waals surface area contributed by atoms with E-state index in [0.717, 1.165) is 13.3 Å². The number of anilines is 2. The highest BCUT2D eigenvalue weighted by Gasteiger charge is 2.27. The zero-order valence-electron chi connectivity index (χ0n) is 40.3. The Labute approximate surface area is 405 Å². The summed E-state index contributed by atoms with van der Waals surface area (Å²) >= 11 is 0. The number of carbonyl (C=O) groups excluding carboxylic acids is 5. The molecule has 0 radical (unpaired) electrons. The summed E-state index contributed by atoms with van der Waals surface area (Å²) in [6.45, 7) is 12.2. The molecular weight excluding hydrogens is 923 g/mol. The lowest BCUT2D eigenvalue weighted by molar-refractivity contribution is -0.385. The number of rotatable bonds is 20. The Kier molecular flexibility index (Phi) is 16.1. The molecule has 0 fully saturated rings. The summed E-state index contributed by atoms with van der Waals surface area (Å²) in [4.78, 5) is 84.6. The third-order valence-corrected chi connectivity index (χ3v) is 10.6. The van der Waals surface area contributed by atoms with E-state index in [2.05, 4.69) is 35.7 Å². The summed E-state index contributed by atoms with van der Waals surface area (Å²) in [5, 5.41) is 30.0. The van der Waals surface area contributed by atoms with Crippen molar-refractivity contribution >= 4 is 69.2 Å². The molecule has 0 atom stereocenters. The summed E-state index contributed by atoms with van der Waals surface area (Å²) in [7, 11) is 2.52. The molecule has 6 N–H and O–H groups in total. The number of ether oxygens (including phenoxy) is 3. The highest BCUT2D eigenvalue weighted by molar-refractivity contribution is 6.05. The summed E-state index contributed by atoms with van der Waals surface area (Å²) in [5.74, 6) is -2.80. The minimum Gasteiger partial charge on any atom is -0.494 e. The molecule has 4 amide bonds. The number of nitrogens with two attached hydrogens (primary N) is 2. The molecule has 0 saturated carbocycles. The predicted octanol–water partition coefficient (Wildman–Crippen LogP) is 4.96. The molecule has 25 nitrogen and oxygen atoms in total. The van der Waals surface area contributed by atoms with Gasteiger partial charge >= 0.3 is 11.7 Å². The van der Waals surface area contributed by atoms with Gasteiger partial charge in [0.1, 0.15) is 46.7 Å². The SMILES string of the molecule is CC.CCn1nc(C)cc1C(=O)Nc1nc2cc(C(N)=O)cc(OC)c2n1C/C=C/Cn1c(NC(=O)c2cc(C)nn2CC)nc2cc(C(N)=O)cc(OC/C=C/Cn3cc([N+](=O)[O-])c(C(=O)OC)n3)c21. The van der Waals surface area contributed by atoms with E-state index in [4.69, 9.17) is 25.9 Å². The first-order valence-corrected chi connectivity index (χ1v) is 22.2. The number of amides is 4. The van der Waals surface area contributed by atoms with Crippen molar-refractivity contribution in [2.45, 2.75) is 74.3 Å². The first-order chi connectivity index (χ1) is 34.0. The smallest absolute Gasteiger partial charge is 0.365 e. The number of imidazole rings is 2. The average Bonchev–Trinajstić information content (AvgIpc) is 4.19. The predicted molar refractivity (Wildman–Crippen MR) is 260 cm³/mol. The molecule has 372 valence electrons. The van der Waals surface area contributed by atoms with Gasteiger partial charge in [0.15, 0.2) is 0 Å². The zero-order valence-corrected chi connectivity index (χ0v) is 40.3. The number of esters is 1. The molecule has 7 rings (SSSR count). The van der Waals surface area contributed by atoms with Crippen LogP contribution in [0, 0.1) is 24.0 Å². The van der Waals surface area contributed by atoms with Gasteiger partial charge in [-0.1, -0.05) is 32.1 Å². The fourth-order valence-corrected chi connectivity index (χ4v) is 7.45. The topological polar surface area (TPSA) is 321 Å².